The van der Waals surface area contributed by atoms with Crippen LogP contribution >= 0.6 is 11.3 Å². The Bertz CT molecular complexity index is 587. The largest absolute Gasteiger partial charge is 0.344 e. The zero-order valence-corrected chi connectivity index (χ0v) is 13.2. The summed E-state index contributed by atoms with van der Waals surface area (Å²) in [5.41, 5.74) is 6.07. The molecule has 0 radical (unpaired) electrons. The monoisotopic (exact) mass is 302 g/mol. The van der Waals surface area contributed by atoms with Crippen molar-refractivity contribution in [3.05, 3.63) is 47.9 Å². The average molecular weight is 302 g/mol. The molecule has 1 atom stereocenters. The number of hydrogen-bond donors (Lipinski definition) is 1. The first kappa shape index (κ1) is 15.7. The van der Waals surface area contributed by atoms with Gasteiger partial charge in [0.25, 0.3) is 0 Å². The molecule has 0 spiro atoms. The van der Waals surface area contributed by atoms with Gasteiger partial charge in [-0.15, -0.1) is 17.9 Å². The lowest BCUT2D eigenvalue weighted by Crippen LogP contribution is -2.43. The Morgan fingerprint density at radius 3 is 2.95 bits per heavy atom. The van der Waals surface area contributed by atoms with Crippen LogP contribution in [0.3, 0.4) is 0 Å². The van der Waals surface area contributed by atoms with Crippen molar-refractivity contribution in [2.45, 2.75) is 25.3 Å². The summed E-state index contributed by atoms with van der Waals surface area (Å²) in [6, 6.07) is 9.90. The Kier molecular flexibility index (Phi) is 5.53. The predicted molar refractivity (Wildman–Crippen MR) is 90.6 cm³/mol. The van der Waals surface area contributed by atoms with Crippen molar-refractivity contribution in [1.29, 1.82) is 0 Å². The molecule has 1 aromatic carbocycles. The number of hydrogen-bond acceptors (Lipinski definition) is 3. The Labute approximate surface area is 130 Å². The molecule has 2 N–H and O–H groups in total. The van der Waals surface area contributed by atoms with E-state index in [2.05, 4.69) is 24.8 Å². The van der Waals surface area contributed by atoms with Crippen LogP contribution in [0.5, 0.6) is 0 Å². The van der Waals surface area contributed by atoms with Gasteiger partial charge >= 0.3 is 0 Å². The number of allylic oxidation sites excluding steroid dienone is 1. The third kappa shape index (κ3) is 4.16. The Balaban J connectivity index is 1.94. The maximum Gasteiger partial charge on any atom is 0.239 e. The van der Waals surface area contributed by atoms with Crippen molar-refractivity contribution in [3.8, 4) is 0 Å². The van der Waals surface area contributed by atoms with Crippen molar-refractivity contribution < 1.29 is 4.79 Å². The van der Waals surface area contributed by atoms with Gasteiger partial charge in [0.15, 0.2) is 0 Å². The summed E-state index contributed by atoms with van der Waals surface area (Å²) >= 11 is 1.71. The zero-order chi connectivity index (χ0) is 15.2. The lowest BCUT2D eigenvalue weighted by molar-refractivity contribution is -0.131. The summed E-state index contributed by atoms with van der Waals surface area (Å²) in [6.45, 7) is 4.41. The molecule has 1 heterocycles. The minimum atomic E-state index is -0.466. The third-order valence-electron chi connectivity index (χ3n) is 3.49. The number of thiophene rings is 1. The molecule has 0 aliphatic heterocycles. The molecule has 1 amide bonds. The lowest BCUT2D eigenvalue weighted by atomic mass is 10.1. The molecular formula is C17H22N2OS. The normalized spacial score (nSPS) is 12.3. The number of likely N-dealkylation sites (N-methyl/N-ethyl adjacent to an activating group) is 1. The van der Waals surface area contributed by atoms with E-state index in [-0.39, 0.29) is 5.91 Å². The van der Waals surface area contributed by atoms with Crippen LogP contribution in [0.15, 0.2) is 43.0 Å². The topological polar surface area (TPSA) is 46.3 Å². The lowest BCUT2D eigenvalue weighted by Gasteiger charge is -2.20. The van der Waals surface area contributed by atoms with Crippen LogP contribution in [-0.2, 0) is 11.2 Å². The van der Waals surface area contributed by atoms with Gasteiger partial charge in [-0.2, -0.15) is 0 Å². The van der Waals surface area contributed by atoms with Crippen molar-refractivity contribution in [3.63, 3.8) is 0 Å². The highest BCUT2D eigenvalue weighted by molar-refractivity contribution is 7.19. The first-order valence-corrected chi connectivity index (χ1v) is 8.02. The molecule has 0 aliphatic rings. The summed E-state index contributed by atoms with van der Waals surface area (Å²) in [4.78, 5) is 15.1. The molecular weight excluding hydrogens is 280 g/mol. The maximum absolute atomic E-state index is 12.2. The molecule has 21 heavy (non-hydrogen) atoms. The van der Waals surface area contributed by atoms with E-state index >= 15 is 0 Å². The first-order chi connectivity index (χ1) is 10.1. The smallest absolute Gasteiger partial charge is 0.239 e. The second-order valence-corrected chi connectivity index (χ2v) is 6.42. The number of unbranched alkanes of at least 4 members (excludes halogenated alkanes) is 1. The minimum absolute atomic E-state index is 0.0107. The van der Waals surface area contributed by atoms with E-state index in [4.69, 9.17) is 5.73 Å². The number of carbonyl (C=O) groups excluding carboxylic acids is 1. The molecule has 4 heteroatoms. The van der Waals surface area contributed by atoms with Gasteiger partial charge in [0, 0.05) is 29.6 Å². The van der Waals surface area contributed by atoms with Gasteiger partial charge in [-0.25, -0.2) is 0 Å². The summed E-state index contributed by atoms with van der Waals surface area (Å²) < 4.78 is 1.24. The average Bonchev–Trinajstić information content (AvgIpc) is 2.88. The number of carbonyl (C=O) groups is 1. The van der Waals surface area contributed by atoms with E-state index in [0.717, 1.165) is 24.3 Å². The van der Waals surface area contributed by atoms with Crippen molar-refractivity contribution >= 4 is 27.3 Å². The summed E-state index contributed by atoms with van der Waals surface area (Å²) in [5, 5.41) is 1.22. The fraction of sp³-hybridized carbons (Fsp3) is 0.353. The van der Waals surface area contributed by atoms with E-state index in [1.165, 1.54) is 10.1 Å². The number of nitrogens with zero attached hydrogens (tertiary/aromatic N) is 1. The van der Waals surface area contributed by atoms with E-state index in [1.807, 2.05) is 25.3 Å². The van der Waals surface area contributed by atoms with Gasteiger partial charge in [-0.05, 0) is 30.4 Å². The molecule has 3 nitrogen and oxygen atoms in total. The molecule has 0 bridgehead atoms. The van der Waals surface area contributed by atoms with Gasteiger partial charge in [-0.1, -0.05) is 24.3 Å². The first-order valence-electron chi connectivity index (χ1n) is 7.20. The number of amides is 1. The number of benzene rings is 1. The molecule has 0 unspecified atom stereocenters. The summed E-state index contributed by atoms with van der Waals surface area (Å²) in [6.07, 6.45) is 4.32. The molecule has 112 valence electrons. The van der Waals surface area contributed by atoms with Crippen LogP contribution in [0.1, 0.15) is 17.7 Å². The van der Waals surface area contributed by atoms with Crippen molar-refractivity contribution in [2.24, 2.45) is 5.73 Å². The standard InChI is InChI=1S/C17H22N2OS/c1-3-4-7-10-19(2)17(20)15(18)12-14-11-13-8-5-6-9-16(13)21-14/h3,5-6,8-9,11,15H,1,4,7,10,12,18H2,2H3/t15-/m0/s1. The SMILES string of the molecule is C=CCCCN(C)C(=O)[C@@H](N)Cc1cc2ccccc2s1. The van der Waals surface area contributed by atoms with Gasteiger partial charge < -0.3 is 10.6 Å². The molecule has 0 aliphatic carbocycles. The van der Waals surface area contributed by atoms with E-state index in [9.17, 15) is 4.79 Å². The number of fused-ring (bicyclic) bond motifs is 1. The Morgan fingerprint density at radius 1 is 1.48 bits per heavy atom. The second kappa shape index (κ2) is 7.38. The van der Waals surface area contributed by atoms with Gasteiger partial charge in [0.2, 0.25) is 5.91 Å². The van der Waals surface area contributed by atoms with E-state index in [1.54, 1.807) is 16.2 Å². The van der Waals surface area contributed by atoms with Crippen LogP contribution < -0.4 is 5.73 Å². The van der Waals surface area contributed by atoms with Crippen LogP contribution in [-0.4, -0.2) is 30.4 Å². The highest BCUT2D eigenvalue weighted by Crippen LogP contribution is 2.26. The van der Waals surface area contributed by atoms with E-state index < -0.39 is 6.04 Å². The third-order valence-corrected chi connectivity index (χ3v) is 4.63. The molecule has 1 aromatic heterocycles. The molecule has 0 fully saturated rings. The van der Waals surface area contributed by atoms with Crippen LogP contribution in [0.25, 0.3) is 10.1 Å². The zero-order valence-electron chi connectivity index (χ0n) is 12.4. The number of rotatable bonds is 7. The highest BCUT2D eigenvalue weighted by atomic mass is 32.1. The molecule has 0 saturated heterocycles. The van der Waals surface area contributed by atoms with Crippen molar-refractivity contribution in [1.82, 2.24) is 4.90 Å². The Hall–Kier alpha value is -1.65. The van der Waals surface area contributed by atoms with Crippen molar-refractivity contribution in [2.75, 3.05) is 13.6 Å². The van der Waals surface area contributed by atoms with Gasteiger partial charge in [-0.3, -0.25) is 4.79 Å². The molecule has 2 rings (SSSR count). The summed E-state index contributed by atoms with van der Waals surface area (Å²) in [7, 11) is 1.82. The number of nitrogens with two attached hydrogens (primary N) is 1. The van der Waals surface area contributed by atoms with Crippen LogP contribution in [0, 0.1) is 0 Å². The second-order valence-electron chi connectivity index (χ2n) is 5.25. The fourth-order valence-corrected chi connectivity index (χ4v) is 3.43. The van der Waals surface area contributed by atoms with E-state index in [0.29, 0.717) is 6.42 Å². The highest BCUT2D eigenvalue weighted by Gasteiger charge is 2.19. The van der Waals surface area contributed by atoms with Crippen LogP contribution in [0.2, 0.25) is 0 Å². The predicted octanol–water partition coefficient (Wildman–Crippen LogP) is 3.20. The molecule has 0 saturated carbocycles. The summed E-state index contributed by atoms with van der Waals surface area (Å²) in [5.74, 6) is 0.0107. The van der Waals surface area contributed by atoms with Gasteiger partial charge in [0.1, 0.15) is 0 Å². The minimum Gasteiger partial charge on any atom is -0.344 e. The van der Waals surface area contributed by atoms with Crippen LogP contribution in [0.4, 0.5) is 0 Å². The Morgan fingerprint density at radius 2 is 2.24 bits per heavy atom. The maximum atomic E-state index is 12.2. The van der Waals surface area contributed by atoms with Gasteiger partial charge in [0.05, 0.1) is 6.04 Å². The quantitative estimate of drug-likeness (QED) is 0.630. The molecule has 2 aromatic rings. The fourth-order valence-electron chi connectivity index (χ4n) is 2.31.